The van der Waals surface area contributed by atoms with E-state index in [1.54, 1.807) is 7.05 Å². The molecule has 2 amide bonds. The number of hydrogen-bond acceptors (Lipinski definition) is 3. The van der Waals surface area contributed by atoms with Gasteiger partial charge in [0.2, 0.25) is 11.8 Å². The van der Waals surface area contributed by atoms with Crippen molar-refractivity contribution in [2.75, 3.05) is 27.2 Å². The van der Waals surface area contributed by atoms with Gasteiger partial charge < -0.3 is 10.2 Å². The lowest BCUT2D eigenvalue weighted by Gasteiger charge is -2.25. The molecular weight excluding hydrogens is 290 g/mol. The first-order chi connectivity index (χ1) is 10.6. The van der Waals surface area contributed by atoms with Crippen LogP contribution in [0.1, 0.15) is 31.9 Å². The molecule has 0 heterocycles. The fourth-order valence-corrected chi connectivity index (χ4v) is 2.17. The predicted octanol–water partition coefficient (Wildman–Crippen LogP) is 1.80. The van der Waals surface area contributed by atoms with Crippen LogP contribution in [0.25, 0.3) is 0 Å². The number of hydrogen-bond donors (Lipinski definition) is 1. The Morgan fingerprint density at radius 1 is 1.04 bits per heavy atom. The van der Waals surface area contributed by atoms with Crippen LogP contribution in [-0.2, 0) is 16.1 Å². The number of carbonyl (C=O) groups excluding carboxylic acids is 2. The van der Waals surface area contributed by atoms with Crippen LogP contribution in [0.15, 0.2) is 24.3 Å². The van der Waals surface area contributed by atoms with Crippen LogP contribution in [0.4, 0.5) is 0 Å². The fourth-order valence-electron chi connectivity index (χ4n) is 2.17. The minimum atomic E-state index is -0.288. The molecule has 0 aromatic heterocycles. The van der Waals surface area contributed by atoms with Crippen LogP contribution in [0.3, 0.4) is 0 Å². The van der Waals surface area contributed by atoms with Gasteiger partial charge in [-0.2, -0.15) is 0 Å². The van der Waals surface area contributed by atoms with Crippen molar-refractivity contribution < 1.29 is 9.59 Å². The van der Waals surface area contributed by atoms with E-state index in [0.29, 0.717) is 6.54 Å². The third kappa shape index (κ3) is 7.79. The van der Waals surface area contributed by atoms with Gasteiger partial charge in [-0.1, -0.05) is 29.8 Å². The highest BCUT2D eigenvalue weighted by atomic mass is 16.2. The zero-order valence-electron chi connectivity index (χ0n) is 15.1. The van der Waals surface area contributed by atoms with Crippen molar-refractivity contribution in [3.63, 3.8) is 0 Å². The average Bonchev–Trinajstić information content (AvgIpc) is 2.38. The quantitative estimate of drug-likeness (QED) is 0.870. The second kappa shape index (κ2) is 8.11. The summed E-state index contributed by atoms with van der Waals surface area (Å²) in [6, 6.07) is 8.26. The lowest BCUT2D eigenvalue weighted by molar-refractivity contribution is -0.136. The standard InChI is InChI=1S/C18H29N3O2/c1-14-7-9-15(10-8-14)11-20(5)13-17(23)21(6)12-16(22)19-18(2,3)4/h7-10H,11-13H2,1-6H3,(H,19,22). The van der Waals surface area contributed by atoms with E-state index in [4.69, 9.17) is 0 Å². The first-order valence-electron chi connectivity index (χ1n) is 7.86. The predicted molar refractivity (Wildman–Crippen MR) is 93.0 cm³/mol. The lowest BCUT2D eigenvalue weighted by Crippen LogP contribution is -2.47. The molecule has 23 heavy (non-hydrogen) atoms. The molecule has 0 unspecified atom stereocenters. The average molecular weight is 319 g/mol. The lowest BCUT2D eigenvalue weighted by atomic mass is 10.1. The number of amides is 2. The fraction of sp³-hybridized carbons (Fsp3) is 0.556. The molecule has 5 nitrogen and oxygen atoms in total. The number of carbonyl (C=O) groups is 2. The Kier molecular flexibility index (Phi) is 6.76. The molecule has 0 aliphatic carbocycles. The van der Waals surface area contributed by atoms with Gasteiger partial charge in [0, 0.05) is 19.1 Å². The summed E-state index contributed by atoms with van der Waals surface area (Å²) in [7, 11) is 3.56. The molecule has 0 aliphatic rings. The maximum Gasteiger partial charge on any atom is 0.240 e. The molecule has 1 aromatic rings. The zero-order valence-corrected chi connectivity index (χ0v) is 15.1. The van der Waals surface area contributed by atoms with Gasteiger partial charge in [-0.05, 0) is 40.3 Å². The van der Waals surface area contributed by atoms with Crippen LogP contribution in [0.5, 0.6) is 0 Å². The van der Waals surface area contributed by atoms with E-state index in [1.807, 2.05) is 32.7 Å². The van der Waals surface area contributed by atoms with E-state index in [2.05, 4.69) is 36.5 Å². The summed E-state index contributed by atoms with van der Waals surface area (Å²) < 4.78 is 0. The first kappa shape index (κ1) is 19.2. The Morgan fingerprint density at radius 2 is 1.61 bits per heavy atom. The number of nitrogens with one attached hydrogen (secondary N) is 1. The maximum atomic E-state index is 12.2. The van der Waals surface area contributed by atoms with E-state index in [0.717, 1.165) is 0 Å². The third-order valence-electron chi connectivity index (χ3n) is 3.30. The molecule has 5 heteroatoms. The molecule has 0 saturated carbocycles. The molecule has 1 N–H and O–H groups in total. The van der Waals surface area contributed by atoms with Crippen molar-refractivity contribution in [3.8, 4) is 0 Å². The molecule has 0 bridgehead atoms. The second-order valence-electron chi connectivity index (χ2n) is 7.21. The monoisotopic (exact) mass is 319 g/mol. The van der Waals surface area contributed by atoms with Gasteiger partial charge in [0.15, 0.2) is 0 Å². The van der Waals surface area contributed by atoms with E-state index >= 15 is 0 Å². The van der Waals surface area contributed by atoms with Crippen molar-refractivity contribution in [1.29, 1.82) is 0 Å². The molecule has 0 atom stereocenters. The summed E-state index contributed by atoms with van der Waals surface area (Å²) in [5, 5.41) is 2.86. The Labute approximate surface area is 139 Å². The van der Waals surface area contributed by atoms with Crippen LogP contribution in [0.2, 0.25) is 0 Å². The number of benzene rings is 1. The van der Waals surface area contributed by atoms with Crippen LogP contribution in [0, 0.1) is 6.92 Å². The van der Waals surface area contributed by atoms with Crippen molar-refractivity contribution in [1.82, 2.24) is 15.1 Å². The van der Waals surface area contributed by atoms with Crippen molar-refractivity contribution in [2.45, 2.75) is 39.8 Å². The van der Waals surface area contributed by atoms with Crippen LogP contribution < -0.4 is 5.32 Å². The van der Waals surface area contributed by atoms with Gasteiger partial charge in [0.1, 0.15) is 0 Å². The summed E-state index contributed by atoms with van der Waals surface area (Å²) in [5.74, 6) is -0.210. The van der Waals surface area contributed by atoms with Gasteiger partial charge in [0.25, 0.3) is 0 Å². The SMILES string of the molecule is Cc1ccc(CN(C)CC(=O)N(C)CC(=O)NC(C)(C)C)cc1. The summed E-state index contributed by atoms with van der Waals surface area (Å²) in [6.45, 7) is 8.87. The van der Waals surface area contributed by atoms with Gasteiger partial charge in [0.05, 0.1) is 13.1 Å². The molecule has 0 spiro atoms. The molecule has 128 valence electrons. The molecule has 0 saturated heterocycles. The topological polar surface area (TPSA) is 52.7 Å². The van der Waals surface area contributed by atoms with Crippen LogP contribution >= 0.6 is 0 Å². The molecule has 0 aliphatic heterocycles. The highest BCUT2D eigenvalue weighted by molar-refractivity contribution is 5.85. The van der Waals surface area contributed by atoms with Crippen molar-refractivity contribution >= 4 is 11.8 Å². The minimum absolute atomic E-state index is 0.0660. The highest BCUT2D eigenvalue weighted by Crippen LogP contribution is 2.06. The maximum absolute atomic E-state index is 12.2. The third-order valence-corrected chi connectivity index (χ3v) is 3.30. The smallest absolute Gasteiger partial charge is 0.240 e. The van der Waals surface area contributed by atoms with Gasteiger partial charge >= 0.3 is 0 Å². The van der Waals surface area contributed by atoms with Gasteiger partial charge in [-0.3, -0.25) is 14.5 Å². The van der Waals surface area contributed by atoms with Gasteiger partial charge in [-0.25, -0.2) is 0 Å². The minimum Gasteiger partial charge on any atom is -0.350 e. The number of nitrogens with zero attached hydrogens (tertiary/aromatic N) is 2. The molecular formula is C18H29N3O2. The van der Waals surface area contributed by atoms with E-state index in [9.17, 15) is 9.59 Å². The van der Waals surface area contributed by atoms with Crippen LogP contribution in [-0.4, -0.2) is 54.3 Å². The zero-order chi connectivity index (χ0) is 17.6. The molecule has 0 fully saturated rings. The Balaban J connectivity index is 2.44. The Hall–Kier alpha value is -1.88. The van der Waals surface area contributed by atoms with Crippen molar-refractivity contribution in [3.05, 3.63) is 35.4 Å². The number of rotatable bonds is 6. The summed E-state index contributed by atoms with van der Waals surface area (Å²) >= 11 is 0. The Morgan fingerprint density at radius 3 is 2.13 bits per heavy atom. The number of aryl methyl sites for hydroxylation is 1. The molecule has 0 radical (unpaired) electrons. The van der Waals surface area contributed by atoms with Crippen molar-refractivity contribution in [2.24, 2.45) is 0 Å². The Bertz CT molecular complexity index is 532. The molecule has 1 rings (SSSR count). The van der Waals surface area contributed by atoms with E-state index in [-0.39, 0.29) is 30.4 Å². The first-order valence-corrected chi connectivity index (χ1v) is 7.86. The largest absolute Gasteiger partial charge is 0.350 e. The summed E-state index contributed by atoms with van der Waals surface area (Å²) in [5.41, 5.74) is 2.10. The summed E-state index contributed by atoms with van der Waals surface area (Å²) in [4.78, 5) is 27.5. The summed E-state index contributed by atoms with van der Waals surface area (Å²) in [6.07, 6.45) is 0. The van der Waals surface area contributed by atoms with E-state index < -0.39 is 0 Å². The normalized spacial score (nSPS) is 11.4. The molecule has 1 aromatic carbocycles. The van der Waals surface area contributed by atoms with E-state index in [1.165, 1.54) is 16.0 Å². The van der Waals surface area contributed by atoms with Gasteiger partial charge in [-0.15, -0.1) is 0 Å². The second-order valence-corrected chi connectivity index (χ2v) is 7.21. The number of likely N-dealkylation sites (N-methyl/N-ethyl adjacent to an activating group) is 2. The highest BCUT2D eigenvalue weighted by Gasteiger charge is 2.18.